The first-order valence-electron chi connectivity index (χ1n) is 15.1. The number of benzene rings is 2. The van der Waals surface area contributed by atoms with Gasteiger partial charge in [-0.25, -0.2) is 9.37 Å². The van der Waals surface area contributed by atoms with Crippen LogP contribution in [0.4, 0.5) is 10.1 Å². The van der Waals surface area contributed by atoms with Crippen molar-refractivity contribution in [2.75, 3.05) is 33.1 Å². The molecule has 11 nitrogen and oxygen atoms in total. The molecule has 0 spiro atoms. The van der Waals surface area contributed by atoms with E-state index in [1.54, 1.807) is 26.2 Å². The molecular weight excluding hydrogens is 627 g/mol. The molecule has 3 aliphatic carbocycles. The van der Waals surface area contributed by atoms with Gasteiger partial charge in [0.05, 0.1) is 22.3 Å². The van der Waals surface area contributed by atoms with Crippen LogP contribution in [0.15, 0.2) is 52.6 Å². The minimum Gasteiger partial charge on any atom is -0.508 e. The standard InChI is InChI=1S/C34H35FN4O7S/c1-38(2)22-13-16(7-10-23-37-21(14-47-23)15-5-8-18(35)9-6-15)28(40)25-19(22)11-17-12-20-27(39(3)4)30(42)26(33(36)45)32(44)34(20,46)31(43)24(17)29(25)41/h5-6,8-9,13-14,17,20,27,40-41,44,46H,7,10-12H2,1-4H3,(H2,36,45). The Hall–Kier alpha value is -4.59. The Morgan fingerprint density at radius 2 is 1.79 bits per heavy atom. The molecule has 3 aromatic rings. The van der Waals surface area contributed by atoms with E-state index >= 15 is 0 Å². The number of aryl methyl sites for hydroxylation is 2. The fourth-order valence-electron chi connectivity index (χ4n) is 7.36. The average Bonchev–Trinajstić information content (AvgIpc) is 3.47. The van der Waals surface area contributed by atoms with Crippen LogP contribution in [0, 0.1) is 17.7 Å². The molecule has 1 aromatic heterocycles. The van der Waals surface area contributed by atoms with Crippen molar-refractivity contribution >= 4 is 40.3 Å². The summed E-state index contributed by atoms with van der Waals surface area (Å²) in [5, 5.41) is 48.9. The van der Waals surface area contributed by atoms with E-state index in [0.29, 0.717) is 35.3 Å². The minimum absolute atomic E-state index is 0.0155. The number of aliphatic hydroxyl groups is 3. The highest BCUT2D eigenvalue weighted by atomic mass is 32.1. The molecule has 2 aromatic carbocycles. The zero-order valence-electron chi connectivity index (χ0n) is 26.2. The molecule has 6 rings (SSSR count). The van der Waals surface area contributed by atoms with E-state index in [1.165, 1.54) is 28.4 Å². The van der Waals surface area contributed by atoms with E-state index in [4.69, 9.17) is 5.73 Å². The smallest absolute Gasteiger partial charge is 0.255 e. The van der Waals surface area contributed by atoms with Gasteiger partial charge in [-0.05, 0) is 80.7 Å². The van der Waals surface area contributed by atoms with Crippen molar-refractivity contribution in [3.63, 3.8) is 0 Å². The van der Waals surface area contributed by atoms with Gasteiger partial charge in [0.15, 0.2) is 11.4 Å². The maximum absolute atomic E-state index is 14.2. The number of fused-ring (bicyclic) bond motifs is 3. The summed E-state index contributed by atoms with van der Waals surface area (Å²) in [6.07, 6.45) is 0.991. The van der Waals surface area contributed by atoms with Gasteiger partial charge in [0, 0.05) is 48.6 Å². The number of amides is 1. The predicted molar refractivity (Wildman–Crippen MR) is 173 cm³/mol. The molecule has 0 aliphatic heterocycles. The first-order valence-corrected chi connectivity index (χ1v) is 15.9. The molecule has 246 valence electrons. The Bertz CT molecular complexity index is 1900. The number of primary amides is 1. The number of hydrogen-bond acceptors (Lipinski definition) is 11. The Balaban J connectivity index is 1.41. The maximum Gasteiger partial charge on any atom is 0.255 e. The topological polar surface area (TPSA) is 178 Å². The van der Waals surface area contributed by atoms with Crippen molar-refractivity contribution in [1.82, 2.24) is 9.88 Å². The van der Waals surface area contributed by atoms with Gasteiger partial charge in [-0.1, -0.05) is 0 Å². The van der Waals surface area contributed by atoms with Crippen LogP contribution in [0.25, 0.3) is 17.0 Å². The number of carbonyl (C=O) groups is 3. The van der Waals surface area contributed by atoms with E-state index < -0.39 is 58.0 Å². The van der Waals surface area contributed by atoms with Crippen molar-refractivity contribution in [2.24, 2.45) is 17.6 Å². The summed E-state index contributed by atoms with van der Waals surface area (Å²) in [5.74, 6) is -7.16. The Labute approximate surface area is 274 Å². The number of phenols is 1. The third-order valence-corrected chi connectivity index (χ3v) is 10.5. The van der Waals surface area contributed by atoms with E-state index in [0.717, 1.165) is 10.6 Å². The zero-order valence-corrected chi connectivity index (χ0v) is 27.1. The predicted octanol–water partition coefficient (Wildman–Crippen LogP) is 3.08. The number of ketones is 2. The van der Waals surface area contributed by atoms with Crippen molar-refractivity contribution < 1.29 is 39.2 Å². The van der Waals surface area contributed by atoms with Gasteiger partial charge in [0.1, 0.15) is 28.7 Å². The summed E-state index contributed by atoms with van der Waals surface area (Å²) in [7, 11) is 6.77. The number of hydrogen-bond donors (Lipinski definition) is 5. The van der Waals surface area contributed by atoms with Crippen LogP contribution < -0.4 is 10.6 Å². The molecule has 0 saturated heterocycles. The van der Waals surface area contributed by atoms with Gasteiger partial charge in [-0.15, -0.1) is 11.3 Å². The third-order valence-electron chi connectivity index (χ3n) is 9.56. The molecule has 1 saturated carbocycles. The molecule has 0 bridgehead atoms. The van der Waals surface area contributed by atoms with Crippen molar-refractivity contribution in [3.8, 4) is 17.0 Å². The summed E-state index contributed by atoms with van der Waals surface area (Å²) >= 11 is 1.43. The van der Waals surface area contributed by atoms with E-state index in [9.17, 15) is 39.2 Å². The van der Waals surface area contributed by atoms with Gasteiger partial charge in [-0.3, -0.25) is 19.3 Å². The SMILES string of the molecule is CN(C)c1cc(CCc2nc(-c3ccc(F)cc3)cs2)c(O)c2c1CC1CC3C(N(C)C)C(=O)C(C(N)=O)=C(O)C3(O)C(=O)C1=C2O. The van der Waals surface area contributed by atoms with Crippen molar-refractivity contribution in [3.05, 3.63) is 80.1 Å². The molecule has 0 radical (unpaired) electrons. The number of phenolic OH excluding ortho intramolecular Hbond substituents is 1. The molecule has 47 heavy (non-hydrogen) atoms. The number of likely N-dealkylation sites (N-methyl/N-ethyl adjacent to an activating group) is 1. The van der Waals surface area contributed by atoms with Crippen LogP contribution in [0.5, 0.6) is 5.75 Å². The summed E-state index contributed by atoms with van der Waals surface area (Å²) < 4.78 is 13.4. The van der Waals surface area contributed by atoms with Crippen molar-refractivity contribution in [2.45, 2.75) is 37.3 Å². The Morgan fingerprint density at radius 3 is 2.40 bits per heavy atom. The number of aromatic hydroxyl groups is 1. The van der Waals surface area contributed by atoms with Crippen molar-refractivity contribution in [1.29, 1.82) is 0 Å². The van der Waals surface area contributed by atoms with Gasteiger partial charge < -0.3 is 31.1 Å². The third kappa shape index (κ3) is 5.00. The number of nitrogens with zero attached hydrogens (tertiary/aromatic N) is 3. The van der Waals surface area contributed by atoms with Gasteiger partial charge in [-0.2, -0.15) is 0 Å². The largest absolute Gasteiger partial charge is 0.508 e. The molecule has 4 atom stereocenters. The lowest BCUT2D eigenvalue weighted by molar-refractivity contribution is -0.153. The number of aromatic nitrogens is 1. The average molecular weight is 663 g/mol. The Morgan fingerprint density at radius 1 is 1.11 bits per heavy atom. The summed E-state index contributed by atoms with van der Waals surface area (Å²) in [4.78, 5) is 47.7. The van der Waals surface area contributed by atoms with Crippen LogP contribution in [0.3, 0.4) is 0 Å². The molecular formula is C34H35FN4O7S. The van der Waals surface area contributed by atoms with Crippen LogP contribution in [-0.4, -0.2) is 87.6 Å². The second-order valence-corrected chi connectivity index (χ2v) is 13.7. The Kier molecular flexibility index (Phi) is 7.97. The lowest BCUT2D eigenvalue weighted by Gasteiger charge is -2.50. The lowest BCUT2D eigenvalue weighted by atomic mass is 9.57. The lowest BCUT2D eigenvalue weighted by Crippen LogP contribution is -2.65. The van der Waals surface area contributed by atoms with Crippen LogP contribution in [0.1, 0.15) is 28.1 Å². The molecule has 1 fully saturated rings. The fraction of sp³-hybridized carbons (Fsp3) is 0.353. The number of carbonyl (C=O) groups excluding carboxylic acids is 3. The van der Waals surface area contributed by atoms with Gasteiger partial charge in [0.2, 0.25) is 5.78 Å². The number of anilines is 1. The fourth-order valence-corrected chi connectivity index (χ4v) is 8.16. The molecule has 6 N–H and O–H groups in total. The second kappa shape index (κ2) is 11.6. The van der Waals surface area contributed by atoms with E-state index in [2.05, 4.69) is 4.98 Å². The highest BCUT2D eigenvalue weighted by molar-refractivity contribution is 7.09. The van der Waals surface area contributed by atoms with Gasteiger partial charge in [0.25, 0.3) is 5.91 Å². The number of thiazole rings is 1. The molecule has 4 unspecified atom stereocenters. The quantitative estimate of drug-likeness (QED) is 0.236. The highest BCUT2D eigenvalue weighted by Crippen LogP contribution is 2.54. The summed E-state index contributed by atoms with van der Waals surface area (Å²) in [6.45, 7) is 0. The maximum atomic E-state index is 14.2. The van der Waals surface area contributed by atoms with Crippen LogP contribution >= 0.6 is 11.3 Å². The normalized spacial score (nSPS) is 23.9. The molecule has 13 heteroatoms. The zero-order chi connectivity index (χ0) is 34.1. The summed E-state index contributed by atoms with van der Waals surface area (Å²) in [6, 6.07) is 6.72. The monoisotopic (exact) mass is 662 g/mol. The number of nitrogens with two attached hydrogens (primary N) is 1. The van der Waals surface area contributed by atoms with Gasteiger partial charge >= 0.3 is 0 Å². The van der Waals surface area contributed by atoms with E-state index in [-0.39, 0.29) is 35.5 Å². The second-order valence-electron chi connectivity index (χ2n) is 12.7. The first-order chi connectivity index (χ1) is 22.2. The number of halogens is 1. The number of aliphatic hydroxyl groups excluding tert-OH is 2. The molecule has 1 heterocycles. The number of rotatable bonds is 7. The first kappa shape index (κ1) is 32.4. The number of Topliss-reactive ketones (excluding diaryl/α,β-unsaturated/α-hetero) is 2. The van der Waals surface area contributed by atoms with E-state index in [1.807, 2.05) is 30.4 Å². The highest BCUT2D eigenvalue weighted by Gasteiger charge is 2.64. The summed E-state index contributed by atoms with van der Waals surface area (Å²) in [5.41, 5.74) is 4.98. The van der Waals surface area contributed by atoms with Crippen LogP contribution in [-0.2, 0) is 33.6 Å². The molecule has 3 aliphatic rings. The minimum atomic E-state index is -2.70. The van der Waals surface area contributed by atoms with Crippen LogP contribution in [0.2, 0.25) is 0 Å². The molecule has 1 amide bonds.